The molecular weight excluding hydrogens is 459 g/mol. The Morgan fingerprint density at radius 1 is 1.21 bits per heavy atom. The third kappa shape index (κ3) is 4.31. The molecule has 0 spiro atoms. The minimum atomic E-state index is -4.74. The van der Waals surface area contributed by atoms with Crippen LogP contribution in [-0.2, 0) is 40.2 Å². The first-order chi connectivity index (χ1) is 15.4. The summed E-state index contributed by atoms with van der Waals surface area (Å²) in [5.74, 6) is -0.957. The maximum Gasteiger partial charge on any atom is 0.416 e. The molecule has 6 nitrogen and oxygen atoms in total. The van der Waals surface area contributed by atoms with Gasteiger partial charge in [-0.1, -0.05) is 6.07 Å². The Bertz CT molecular complexity index is 1360. The number of carbonyl (C=O) groups is 1. The Morgan fingerprint density at radius 3 is 2.55 bits per heavy atom. The Morgan fingerprint density at radius 2 is 1.94 bits per heavy atom. The predicted molar refractivity (Wildman–Crippen MR) is 115 cm³/mol. The van der Waals surface area contributed by atoms with E-state index in [4.69, 9.17) is 4.74 Å². The van der Waals surface area contributed by atoms with E-state index in [1.807, 2.05) is 4.57 Å². The van der Waals surface area contributed by atoms with E-state index >= 15 is 0 Å². The second-order valence-corrected chi connectivity index (χ2v) is 10.3. The van der Waals surface area contributed by atoms with Crippen LogP contribution >= 0.6 is 0 Å². The van der Waals surface area contributed by atoms with Gasteiger partial charge in [0.1, 0.15) is 5.75 Å². The van der Waals surface area contributed by atoms with Crippen molar-refractivity contribution in [3.8, 4) is 5.75 Å². The number of methoxy groups -OCH3 is 1. The normalized spacial score (nSPS) is 16.6. The lowest BCUT2D eigenvalue weighted by Crippen LogP contribution is -2.26. The number of ether oxygens (including phenoxy) is 1. The second-order valence-electron chi connectivity index (χ2n) is 8.26. The maximum absolute atomic E-state index is 13.9. The molecule has 33 heavy (non-hydrogen) atoms. The van der Waals surface area contributed by atoms with Crippen LogP contribution in [0.3, 0.4) is 0 Å². The minimum absolute atomic E-state index is 0.0478. The van der Waals surface area contributed by atoms with Gasteiger partial charge >= 0.3 is 12.1 Å². The summed E-state index contributed by atoms with van der Waals surface area (Å²) >= 11 is 0. The molecule has 0 radical (unpaired) electrons. The molecule has 0 amide bonds. The third-order valence-electron chi connectivity index (χ3n) is 6.16. The molecule has 0 aliphatic carbocycles. The van der Waals surface area contributed by atoms with Crippen molar-refractivity contribution < 1.29 is 36.2 Å². The predicted octanol–water partition coefficient (Wildman–Crippen LogP) is 4.31. The van der Waals surface area contributed by atoms with E-state index in [9.17, 15) is 31.5 Å². The van der Waals surface area contributed by atoms with Crippen molar-refractivity contribution in [2.45, 2.75) is 36.9 Å². The van der Waals surface area contributed by atoms with Gasteiger partial charge in [-0.15, -0.1) is 0 Å². The number of sulfone groups is 1. The quantitative estimate of drug-likeness (QED) is 0.587. The molecule has 1 aliphatic heterocycles. The van der Waals surface area contributed by atoms with E-state index < -0.39 is 38.4 Å². The topological polar surface area (TPSA) is 85.6 Å². The number of carboxylic acids is 1. The summed E-state index contributed by atoms with van der Waals surface area (Å²) in [5.41, 5.74) is 1.13. The Labute approximate surface area is 188 Å². The lowest BCUT2D eigenvalue weighted by Gasteiger charge is -2.23. The molecule has 2 heterocycles. The molecule has 0 bridgehead atoms. The number of aliphatic carboxylic acids is 1. The molecule has 1 unspecified atom stereocenters. The van der Waals surface area contributed by atoms with Crippen molar-refractivity contribution in [1.29, 1.82) is 0 Å². The summed E-state index contributed by atoms with van der Waals surface area (Å²) in [4.78, 5) is 11.2. The summed E-state index contributed by atoms with van der Waals surface area (Å²) in [6, 6.07) is 8.32. The molecule has 4 rings (SSSR count). The highest BCUT2D eigenvalue weighted by atomic mass is 32.2. The fraction of sp³-hybridized carbons (Fsp3) is 0.348. The van der Waals surface area contributed by atoms with Gasteiger partial charge < -0.3 is 14.4 Å². The van der Waals surface area contributed by atoms with Gasteiger partial charge in [0.25, 0.3) is 0 Å². The third-order valence-corrected chi connectivity index (χ3v) is 7.27. The average Bonchev–Trinajstić information content (AvgIpc) is 3.04. The van der Waals surface area contributed by atoms with Gasteiger partial charge in [0, 0.05) is 35.8 Å². The Balaban J connectivity index is 1.90. The molecule has 1 atom stereocenters. The molecular formula is C23H22F3NO5S. The van der Waals surface area contributed by atoms with Gasteiger partial charge in [0.2, 0.25) is 0 Å². The number of hydrogen-bond acceptors (Lipinski definition) is 4. The van der Waals surface area contributed by atoms with Crippen molar-refractivity contribution in [3.05, 3.63) is 58.8 Å². The number of alkyl halides is 3. The molecule has 2 aromatic carbocycles. The van der Waals surface area contributed by atoms with Crippen LogP contribution in [0.4, 0.5) is 13.2 Å². The zero-order valence-electron chi connectivity index (χ0n) is 17.9. The number of hydrogen-bond donors (Lipinski definition) is 1. The standard InChI is InChI=1S/C23H22F3NO5S/c1-32-15-5-8-21-18(10-15)17(20-7-4-14(22(28)29)12-27(20)21)9-13-3-6-16(33(2,30)31)11-19(13)23(24,25)26/h3,5-6,8,10-11,14H,4,7,9,12H2,1-2H3,(H,28,29). The molecule has 0 saturated heterocycles. The highest BCUT2D eigenvalue weighted by molar-refractivity contribution is 7.90. The summed E-state index contributed by atoms with van der Waals surface area (Å²) in [6.45, 7) is 0.229. The molecule has 10 heteroatoms. The molecule has 0 saturated carbocycles. The van der Waals surface area contributed by atoms with E-state index in [1.165, 1.54) is 19.2 Å². The van der Waals surface area contributed by atoms with Gasteiger partial charge in [-0.3, -0.25) is 4.79 Å². The van der Waals surface area contributed by atoms with Crippen LogP contribution in [0.15, 0.2) is 41.3 Å². The SMILES string of the molecule is COc1ccc2c(c1)c(Cc1ccc(S(C)(=O)=O)cc1C(F)(F)F)c1n2CC(C(=O)O)CC1. The zero-order chi connectivity index (χ0) is 24.1. The highest BCUT2D eigenvalue weighted by Gasteiger charge is 2.35. The Hall–Kier alpha value is -3.01. The molecule has 0 fully saturated rings. The Kier molecular flexibility index (Phi) is 5.68. The van der Waals surface area contributed by atoms with Crippen molar-refractivity contribution >= 4 is 26.7 Å². The van der Waals surface area contributed by atoms with Crippen LogP contribution in [-0.4, -0.2) is 37.4 Å². The zero-order valence-corrected chi connectivity index (χ0v) is 18.8. The fourth-order valence-corrected chi connectivity index (χ4v) is 5.14. The van der Waals surface area contributed by atoms with E-state index in [0.717, 1.165) is 17.5 Å². The highest BCUT2D eigenvalue weighted by Crippen LogP contribution is 2.39. The molecule has 1 aromatic heterocycles. The molecule has 176 valence electrons. The van der Waals surface area contributed by atoms with Crippen molar-refractivity contribution in [3.63, 3.8) is 0 Å². The number of benzene rings is 2. The minimum Gasteiger partial charge on any atom is -0.497 e. The van der Waals surface area contributed by atoms with Crippen LogP contribution in [0, 0.1) is 5.92 Å². The van der Waals surface area contributed by atoms with Gasteiger partial charge in [0.05, 0.1) is 23.5 Å². The maximum atomic E-state index is 13.9. The van der Waals surface area contributed by atoms with Crippen molar-refractivity contribution in [2.75, 3.05) is 13.4 Å². The van der Waals surface area contributed by atoms with Gasteiger partial charge in [-0.2, -0.15) is 13.2 Å². The largest absolute Gasteiger partial charge is 0.497 e. The number of halogens is 3. The van der Waals surface area contributed by atoms with E-state index in [0.29, 0.717) is 35.6 Å². The van der Waals surface area contributed by atoms with Crippen LogP contribution in [0.5, 0.6) is 5.75 Å². The monoisotopic (exact) mass is 481 g/mol. The molecule has 1 aliphatic rings. The smallest absolute Gasteiger partial charge is 0.416 e. The number of carboxylic acid groups (broad SMARTS) is 1. The van der Waals surface area contributed by atoms with E-state index in [2.05, 4.69) is 0 Å². The van der Waals surface area contributed by atoms with Crippen LogP contribution in [0.25, 0.3) is 10.9 Å². The second kappa shape index (κ2) is 8.09. The number of rotatable bonds is 5. The van der Waals surface area contributed by atoms with Crippen LogP contribution in [0.1, 0.15) is 28.8 Å². The van der Waals surface area contributed by atoms with Crippen LogP contribution in [0.2, 0.25) is 0 Å². The van der Waals surface area contributed by atoms with Gasteiger partial charge in [-0.05, 0) is 54.3 Å². The first-order valence-electron chi connectivity index (χ1n) is 10.2. The lowest BCUT2D eigenvalue weighted by atomic mass is 9.93. The number of fused-ring (bicyclic) bond motifs is 3. The first-order valence-corrected chi connectivity index (χ1v) is 12.1. The van der Waals surface area contributed by atoms with E-state index in [-0.39, 0.29) is 18.5 Å². The van der Waals surface area contributed by atoms with Gasteiger partial charge in [-0.25, -0.2) is 8.42 Å². The van der Waals surface area contributed by atoms with Crippen molar-refractivity contribution in [2.24, 2.45) is 5.92 Å². The number of nitrogens with zero attached hydrogens (tertiary/aromatic N) is 1. The summed E-state index contributed by atoms with van der Waals surface area (Å²) in [7, 11) is -2.32. The summed E-state index contributed by atoms with van der Waals surface area (Å²) in [6.07, 6.45) is -3.16. The first kappa shape index (κ1) is 23.2. The summed E-state index contributed by atoms with van der Waals surface area (Å²) in [5, 5.41) is 10.2. The van der Waals surface area contributed by atoms with E-state index in [1.54, 1.807) is 18.2 Å². The van der Waals surface area contributed by atoms with Gasteiger partial charge in [0.15, 0.2) is 9.84 Å². The number of aromatic nitrogens is 1. The fourth-order valence-electron chi connectivity index (χ4n) is 4.49. The average molecular weight is 481 g/mol. The molecule has 1 N–H and O–H groups in total. The lowest BCUT2D eigenvalue weighted by molar-refractivity contribution is -0.142. The van der Waals surface area contributed by atoms with Crippen LogP contribution < -0.4 is 4.74 Å². The van der Waals surface area contributed by atoms with Crippen molar-refractivity contribution in [1.82, 2.24) is 4.57 Å². The summed E-state index contributed by atoms with van der Waals surface area (Å²) < 4.78 is 72.4. The molecule has 3 aromatic rings.